The molecular weight excluding hydrogens is 172 g/mol. The van der Waals surface area contributed by atoms with Gasteiger partial charge in [-0.15, -0.1) is 0 Å². The molecule has 0 bridgehead atoms. The van der Waals surface area contributed by atoms with Crippen LogP contribution in [0.25, 0.3) is 0 Å². The molecule has 1 heterocycles. The number of anilines is 2. The van der Waals surface area contributed by atoms with Crippen molar-refractivity contribution in [2.24, 2.45) is 0 Å². The molecule has 0 aliphatic heterocycles. The van der Waals surface area contributed by atoms with Crippen molar-refractivity contribution >= 4 is 11.6 Å². The summed E-state index contributed by atoms with van der Waals surface area (Å²) in [6, 6.07) is -0.459. The average molecular weight is 184 g/mol. The summed E-state index contributed by atoms with van der Waals surface area (Å²) in [6.07, 6.45) is 2.94. The van der Waals surface area contributed by atoms with E-state index in [2.05, 4.69) is 15.3 Å². The quantitative estimate of drug-likeness (QED) is 0.469. The molecule has 6 nitrogen and oxygen atoms in total. The highest BCUT2D eigenvalue weighted by atomic mass is 16.3. The lowest BCUT2D eigenvalue weighted by Gasteiger charge is -2.14. The van der Waals surface area contributed by atoms with Gasteiger partial charge < -0.3 is 21.3 Å². The van der Waals surface area contributed by atoms with Gasteiger partial charge in [0.2, 0.25) is 0 Å². The maximum atomic E-state index is 8.77. The predicted octanol–water partition coefficient (Wildman–Crippen LogP) is -1.18. The van der Waals surface area contributed by atoms with Gasteiger partial charge in [-0.05, 0) is 0 Å². The van der Waals surface area contributed by atoms with Crippen LogP contribution in [0.1, 0.15) is 0 Å². The van der Waals surface area contributed by atoms with Gasteiger partial charge in [-0.25, -0.2) is 9.97 Å². The summed E-state index contributed by atoms with van der Waals surface area (Å²) in [4.78, 5) is 7.68. The monoisotopic (exact) mass is 184 g/mol. The highest BCUT2D eigenvalue weighted by molar-refractivity contribution is 5.55. The zero-order valence-electron chi connectivity index (χ0n) is 7.01. The number of nitrogens with one attached hydrogen (secondary N) is 1. The van der Waals surface area contributed by atoms with Gasteiger partial charge >= 0.3 is 0 Å². The van der Waals surface area contributed by atoms with E-state index in [1.807, 2.05) is 0 Å². The summed E-state index contributed by atoms with van der Waals surface area (Å²) in [5.41, 5.74) is 5.48. The molecule has 0 aromatic carbocycles. The van der Waals surface area contributed by atoms with Gasteiger partial charge in [-0.1, -0.05) is 0 Å². The highest BCUT2D eigenvalue weighted by Gasteiger charge is 2.08. The van der Waals surface area contributed by atoms with Crippen LogP contribution in [0.2, 0.25) is 0 Å². The molecule has 0 aliphatic rings. The number of aliphatic hydroxyl groups excluding tert-OH is 2. The van der Waals surface area contributed by atoms with Gasteiger partial charge in [0.15, 0.2) is 11.6 Å². The van der Waals surface area contributed by atoms with E-state index in [4.69, 9.17) is 15.9 Å². The first-order valence-corrected chi connectivity index (χ1v) is 3.82. The Hall–Kier alpha value is -1.40. The fourth-order valence-electron chi connectivity index (χ4n) is 0.802. The highest BCUT2D eigenvalue weighted by Crippen LogP contribution is 2.10. The van der Waals surface area contributed by atoms with E-state index in [0.717, 1.165) is 0 Å². The largest absolute Gasteiger partial charge is 0.394 e. The molecule has 5 N–H and O–H groups in total. The van der Waals surface area contributed by atoms with E-state index in [1.165, 1.54) is 12.4 Å². The van der Waals surface area contributed by atoms with E-state index in [9.17, 15) is 0 Å². The summed E-state index contributed by atoms with van der Waals surface area (Å²) in [5, 5.41) is 20.3. The smallest absolute Gasteiger partial charge is 0.169 e. The Kier molecular flexibility index (Phi) is 3.41. The number of hydrogen-bond donors (Lipinski definition) is 4. The molecule has 0 aliphatic carbocycles. The fourth-order valence-corrected chi connectivity index (χ4v) is 0.802. The van der Waals surface area contributed by atoms with Crippen molar-refractivity contribution in [3.63, 3.8) is 0 Å². The van der Waals surface area contributed by atoms with Crippen molar-refractivity contribution < 1.29 is 10.2 Å². The van der Waals surface area contributed by atoms with Crippen LogP contribution in [0, 0.1) is 0 Å². The minimum Gasteiger partial charge on any atom is -0.394 e. The molecule has 1 rings (SSSR count). The van der Waals surface area contributed by atoms with Crippen molar-refractivity contribution in [2.75, 3.05) is 24.3 Å². The molecule has 0 amide bonds. The second-order valence-electron chi connectivity index (χ2n) is 2.50. The van der Waals surface area contributed by atoms with E-state index in [0.29, 0.717) is 5.82 Å². The summed E-state index contributed by atoms with van der Waals surface area (Å²) < 4.78 is 0. The Bertz CT molecular complexity index is 264. The minimum absolute atomic E-state index is 0.188. The average Bonchev–Trinajstić information content (AvgIpc) is 2.17. The number of nitrogens with zero attached hydrogens (tertiary/aromatic N) is 2. The fraction of sp³-hybridized carbons (Fsp3) is 0.429. The van der Waals surface area contributed by atoms with Crippen molar-refractivity contribution in [1.29, 1.82) is 0 Å². The van der Waals surface area contributed by atoms with Gasteiger partial charge in [-0.2, -0.15) is 0 Å². The van der Waals surface area contributed by atoms with Crippen LogP contribution in [-0.2, 0) is 0 Å². The van der Waals surface area contributed by atoms with Crippen molar-refractivity contribution in [3.05, 3.63) is 12.4 Å². The van der Waals surface area contributed by atoms with Crippen LogP contribution in [0.15, 0.2) is 12.4 Å². The number of nitrogens with two attached hydrogens (primary N) is 1. The van der Waals surface area contributed by atoms with Crippen LogP contribution in [-0.4, -0.2) is 39.4 Å². The third-order valence-electron chi connectivity index (χ3n) is 1.51. The molecule has 1 aromatic heterocycles. The predicted molar refractivity (Wildman–Crippen MR) is 48.0 cm³/mol. The van der Waals surface area contributed by atoms with Gasteiger partial charge in [-0.3, -0.25) is 0 Å². The molecule has 0 saturated carbocycles. The Morgan fingerprint density at radius 2 is 1.92 bits per heavy atom. The van der Waals surface area contributed by atoms with Crippen LogP contribution in [0.4, 0.5) is 11.6 Å². The van der Waals surface area contributed by atoms with Crippen LogP contribution < -0.4 is 11.1 Å². The number of aliphatic hydroxyl groups is 2. The summed E-state index contributed by atoms with van der Waals surface area (Å²) >= 11 is 0. The topological polar surface area (TPSA) is 104 Å². The van der Waals surface area contributed by atoms with E-state index in [1.54, 1.807) is 0 Å². The second-order valence-corrected chi connectivity index (χ2v) is 2.50. The SMILES string of the molecule is Nc1nccnc1NC(CO)CO. The summed E-state index contributed by atoms with van der Waals surface area (Å²) in [6.45, 7) is -0.376. The number of hydrogen-bond acceptors (Lipinski definition) is 6. The molecule has 0 spiro atoms. The molecule has 6 heteroatoms. The zero-order chi connectivity index (χ0) is 9.68. The lowest BCUT2D eigenvalue weighted by Crippen LogP contribution is -2.28. The molecule has 13 heavy (non-hydrogen) atoms. The normalized spacial score (nSPS) is 10.4. The first kappa shape index (κ1) is 9.69. The van der Waals surface area contributed by atoms with Gasteiger partial charge in [0.1, 0.15) is 0 Å². The molecule has 1 aromatic rings. The van der Waals surface area contributed by atoms with Crippen LogP contribution >= 0.6 is 0 Å². The van der Waals surface area contributed by atoms with E-state index < -0.39 is 6.04 Å². The van der Waals surface area contributed by atoms with Crippen molar-refractivity contribution in [1.82, 2.24) is 9.97 Å². The lowest BCUT2D eigenvalue weighted by molar-refractivity contribution is 0.203. The molecular formula is C7H12N4O2. The second kappa shape index (κ2) is 4.58. The first-order valence-electron chi connectivity index (χ1n) is 3.82. The third kappa shape index (κ3) is 2.53. The molecule has 0 unspecified atom stereocenters. The molecule has 0 fully saturated rings. The van der Waals surface area contributed by atoms with E-state index in [-0.39, 0.29) is 19.0 Å². The Balaban J connectivity index is 2.67. The zero-order valence-corrected chi connectivity index (χ0v) is 7.01. The Morgan fingerprint density at radius 3 is 2.46 bits per heavy atom. The Labute approximate surface area is 75.4 Å². The van der Waals surface area contributed by atoms with E-state index >= 15 is 0 Å². The van der Waals surface area contributed by atoms with Crippen LogP contribution in [0.5, 0.6) is 0 Å². The van der Waals surface area contributed by atoms with Gasteiger partial charge in [0.05, 0.1) is 19.3 Å². The third-order valence-corrected chi connectivity index (χ3v) is 1.51. The molecule has 72 valence electrons. The maximum absolute atomic E-state index is 8.77. The van der Waals surface area contributed by atoms with Crippen molar-refractivity contribution in [3.8, 4) is 0 Å². The van der Waals surface area contributed by atoms with Gasteiger partial charge in [0.25, 0.3) is 0 Å². The standard InChI is InChI=1S/C7H12N4O2/c8-6-7(10-2-1-9-6)11-5(3-12)4-13/h1-2,5,12-13H,3-4H2,(H2,8,9)(H,10,11). The maximum Gasteiger partial charge on any atom is 0.169 e. The molecule has 0 saturated heterocycles. The lowest BCUT2D eigenvalue weighted by atomic mass is 10.3. The first-order chi connectivity index (χ1) is 6.27. The Morgan fingerprint density at radius 1 is 1.31 bits per heavy atom. The molecule has 0 radical (unpaired) electrons. The van der Waals surface area contributed by atoms with Crippen molar-refractivity contribution in [2.45, 2.75) is 6.04 Å². The number of rotatable bonds is 4. The summed E-state index contributed by atoms with van der Waals surface area (Å²) in [7, 11) is 0. The van der Waals surface area contributed by atoms with Crippen LogP contribution in [0.3, 0.4) is 0 Å². The number of aromatic nitrogens is 2. The number of nitrogen functional groups attached to an aromatic ring is 1. The summed E-state index contributed by atoms with van der Waals surface area (Å²) in [5.74, 6) is 0.616. The van der Waals surface area contributed by atoms with Gasteiger partial charge in [0, 0.05) is 12.4 Å². The minimum atomic E-state index is -0.459. The molecule has 0 atom stereocenters.